The lowest BCUT2D eigenvalue weighted by molar-refractivity contribution is -0.384. The zero-order chi connectivity index (χ0) is 10.9. The summed E-state index contributed by atoms with van der Waals surface area (Å²) in [6, 6.07) is 2.58. The van der Waals surface area contributed by atoms with Gasteiger partial charge in [0, 0.05) is 11.6 Å². The van der Waals surface area contributed by atoms with Gasteiger partial charge in [-0.05, 0) is 28.9 Å². The summed E-state index contributed by atoms with van der Waals surface area (Å²) >= 11 is 8.74. The summed E-state index contributed by atoms with van der Waals surface area (Å²) in [5.41, 5.74) is 0.115. The van der Waals surface area contributed by atoms with Crippen LogP contribution < -0.4 is 0 Å². The van der Waals surface area contributed by atoms with E-state index >= 15 is 0 Å². The minimum absolute atomic E-state index is 0.0531. The molecule has 4 nitrogen and oxygen atoms in total. The molecule has 0 saturated carbocycles. The van der Waals surface area contributed by atoms with Crippen molar-refractivity contribution in [3.63, 3.8) is 0 Å². The van der Waals surface area contributed by atoms with Gasteiger partial charge in [-0.2, -0.15) is 0 Å². The fraction of sp³-hybridized carbons (Fsp3) is 0.125. The lowest BCUT2D eigenvalue weighted by Gasteiger charge is -2.02. The number of Topliss-reactive ketones (excluding diaryl/α,β-unsaturated/α-hetero) is 1. The van der Waals surface area contributed by atoms with Crippen molar-refractivity contribution in [3.05, 3.63) is 37.3 Å². The molecule has 0 aliphatic rings. The van der Waals surface area contributed by atoms with Gasteiger partial charge in [0.15, 0.2) is 5.78 Å². The number of nitro groups is 1. The summed E-state index contributed by atoms with van der Waals surface area (Å²) in [6.45, 7) is 1.36. The monoisotopic (exact) mass is 277 g/mol. The third-order valence-corrected chi connectivity index (χ3v) is 3.07. The number of hydrogen-bond acceptors (Lipinski definition) is 3. The largest absolute Gasteiger partial charge is 0.294 e. The van der Waals surface area contributed by atoms with E-state index in [9.17, 15) is 14.9 Å². The average Bonchev–Trinajstić information content (AvgIpc) is 2.08. The number of nitro benzene ring substituents is 1. The summed E-state index contributed by atoms with van der Waals surface area (Å²) in [6.07, 6.45) is 0. The fourth-order valence-electron chi connectivity index (χ4n) is 0.952. The van der Waals surface area contributed by atoms with E-state index in [1.807, 2.05) is 0 Å². The van der Waals surface area contributed by atoms with E-state index in [0.717, 1.165) is 0 Å². The molecule has 0 aliphatic carbocycles. The Balaban J connectivity index is 3.41. The van der Waals surface area contributed by atoms with Gasteiger partial charge in [0.05, 0.1) is 9.40 Å². The van der Waals surface area contributed by atoms with Crippen LogP contribution in [0, 0.1) is 10.1 Å². The van der Waals surface area contributed by atoms with Gasteiger partial charge in [0.25, 0.3) is 5.69 Å². The Kier molecular flexibility index (Phi) is 3.23. The Labute approximate surface area is 93.1 Å². The van der Waals surface area contributed by atoms with Crippen LogP contribution in [0.15, 0.2) is 16.6 Å². The average molecular weight is 278 g/mol. The first-order valence-corrected chi connectivity index (χ1v) is 4.75. The van der Waals surface area contributed by atoms with Gasteiger partial charge < -0.3 is 0 Å². The summed E-state index contributed by atoms with van der Waals surface area (Å²) in [5.74, 6) is -0.200. The van der Waals surface area contributed by atoms with Gasteiger partial charge in [0.2, 0.25) is 0 Å². The van der Waals surface area contributed by atoms with Gasteiger partial charge in [-0.1, -0.05) is 11.6 Å². The smallest absolute Gasteiger partial charge is 0.289 e. The molecule has 0 amide bonds. The number of carbonyl (C=O) groups excluding carboxylic acids is 1. The highest BCUT2D eigenvalue weighted by molar-refractivity contribution is 9.10. The number of nitrogens with zero attached hydrogens (tertiary/aromatic N) is 1. The molecule has 0 aromatic heterocycles. The van der Waals surface area contributed by atoms with Crippen LogP contribution in [-0.2, 0) is 0 Å². The van der Waals surface area contributed by atoms with Crippen molar-refractivity contribution in [1.29, 1.82) is 0 Å². The number of carbonyl (C=O) groups is 1. The molecule has 0 spiro atoms. The quantitative estimate of drug-likeness (QED) is 0.474. The second-order valence-corrected chi connectivity index (χ2v) is 3.74. The molecule has 0 bridgehead atoms. The zero-order valence-electron chi connectivity index (χ0n) is 7.08. The number of halogens is 2. The fourth-order valence-corrected chi connectivity index (χ4v) is 1.80. The van der Waals surface area contributed by atoms with Crippen LogP contribution in [-0.4, -0.2) is 10.7 Å². The molecule has 0 N–H and O–H groups in total. The van der Waals surface area contributed by atoms with E-state index in [1.165, 1.54) is 19.1 Å². The third-order valence-electron chi connectivity index (χ3n) is 1.64. The van der Waals surface area contributed by atoms with Gasteiger partial charge in [0.1, 0.15) is 5.02 Å². The molecule has 14 heavy (non-hydrogen) atoms. The Bertz CT molecular complexity index is 380. The number of hydrogen-bond donors (Lipinski definition) is 0. The predicted molar refractivity (Wildman–Crippen MR) is 55.8 cm³/mol. The first-order chi connectivity index (χ1) is 6.45. The maximum Gasteiger partial charge on any atom is 0.289 e. The van der Waals surface area contributed by atoms with Gasteiger partial charge in [-0.15, -0.1) is 0 Å². The van der Waals surface area contributed by atoms with Gasteiger partial charge in [-0.25, -0.2) is 0 Å². The van der Waals surface area contributed by atoms with E-state index in [2.05, 4.69) is 15.9 Å². The van der Waals surface area contributed by atoms with Crippen LogP contribution in [0.5, 0.6) is 0 Å². The normalized spacial score (nSPS) is 9.93. The molecular formula is C8H5BrClNO3. The minimum Gasteiger partial charge on any atom is -0.294 e. The highest BCUT2D eigenvalue weighted by atomic mass is 79.9. The van der Waals surface area contributed by atoms with Crippen LogP contribution in [0.1, 0.15) is 17.3 Å². The number of ketones is 1. The first kappa shape index (κ1) is 11.1. The topological polar surface area (TPSA) is 60.2 Å². The summed E-state index contributed by atoms with van der Waals surface area (Å²) < 4.78 is 0.265. The second-order valence-electron chi connectivity index (χ2n) is 2.57. The van der Waals surface area contributed by atoms with Crippen LogP contribution in [0.2, 0.25) is 5.02 Å². The molecule has 1 aromatic rings. The van der Waals surface area contributed by atoms with Crippen LogP contribution >= 0.6 is 27.5 Å². The van der Waals surface area contributed by atoms with E-state index in [4.69, 9.17) is 11.6 Å². The van der Waals surface area contributed by atoms with Crippen LogP contribution in [0.25, 0.3) is 0 Å². The van der Waals surface area contributed by atoms with Crippen molar-refractivity contribution in [3.8, 4) is 0 Å². The van der Waals surface area contributed by atoms with Crippen molar-refractivity contribution >= 4 is 39.0 Å². The molecule has 74 valence electrons. The summed E-state index contributed by atoms with van der Waals surface area (Å²) in [7, 11) is 0. The first-order valence-electron chi connectivity index (χ1n) is 3.58. The van der Waals surface area contributed by atoms with E-state index in [0.29, 0.717) is 5.56 Å². The van der Waals surface area contributed by atoms with E-state index in [-0.39, 0.29) is 21.0 Å². The highest BCUT2D eigenvalue weighted by Crippen LogP contribution is 2.34. The molecule has 1 rings (SSSR count). The van der Waals surface area contributed by atoms with Crippen molar-refractivity contribution in [2.24, 2.45) is 0 Å². The molecule has 0 aliphatic heterocycles. The molecule has 0 radical (unpaired) electrons. The van der Waals surface area contributed by atoms with Crippen molar-refractivity contribution in [2.75, 3.05) is 0 Å². The maximum atomic E-state index is 11.0. The molecule has 0 saturated heterocycles. The van der Waals surface area contributed by atoms with E-state index < -0.39 is 4.92 Å². The SMILES string of the molecule is CC(=O)c1ccc([N+](=O)[O-])c(Cl)c1Br. The Morgan fingerprint density at radius 1 is 1.57 bits per heavy atom. The van der Waals surface area contributed by atoms with Gasteiger partial charge in [-0.3, -0.25) is 14.9 Å². The van der Waals surface area contributed by atoms with Crippen molar-refractivity contribution in [2.45, 2.75) is 6.92 Å². The minimum atomic E-state index is -0.600. The lowest BCUT2D eigenvalue weighted by atomic mass is 10.1. The number of benzene rings is 1. The van der Waals surface area contributed by atoms with Crippen LogP contribution in [0.4, 0.5) is 5.69 Å². The van der Waals surface area contributed by atoms with Crippen molar-refractivity contribution in [1.82, 2.24) is 0 Å². The molecule has 6 heteroatoms. The molecule has 0 fully saturated rings. The standard InChI is InChI=1S/C8H5BrClNO3/c1-4(12)5-2-3-6(11(13)14)8(10)7(5)9/h2-3H,1H3. The maximum absolute atomic E-state index is 11.0. The molecule has 1 aromatic carbocycles. The van der Waals surface area contributed by atoms with Crippen LogP contribution in [0.3, 0.4) is 0 Å². The summed E-state index contributed by atoms with van der Waals surface area (Å²) in [5, 5.41) is 10.4. The highest BCUT2D eigenvalue weighted by Gasteiger charge is 2.19. The van der Waals surface area contributed by atoms with Gasteiger partial charge >= 0.3 is 0 Å². The zero-order valence-corrected chi connectivity index (χ0v) is 9.42. The lowest BCUT2D eigenvalue weighted by Crippen LogP contribution is -1.97. The Hall–Kier alpha value is -0.940. The third kappa shape index (κ3) is 1.93. The van der Waals surface area contributed by atoms with E-state index in [1.54, 1.807) is 0 Å². The molecule has 0 unspecified atom stereocenters. The molecular weight excluding hydrogens is 273 g/mol. The summed E-state index contributed by atoms with van der Waals surface area (Å²) in [4.78, 5) is 20.9. The van der Waals surface area contributed by atoms with Crippen molar-refractivity contribution < 1.29 is 9.72 Å². The Morgan fingerprint density at radius 2 is 2.14 bits per heavy atom. The second kappa shape index (κ2) is 4.06. The molecule has 0 heterocycles. The Morgan fingerprint density at radius 3 is 2.57 bits per heavy atom. The number of rotatable bonds is 2. The molecule has 0 atom stereocenters. The predicted octanol–water partition coefficient (Wildman–Crippen LogP) is 3.21.